The van der Waals surface area contributed by atoms with Crippen molar-refractivity contribution in [3.05, 3.63) is 42.6 Å². The van der Waals surface area contributed by atoms with Crippen molar-refractivity contribution < 1.29 is 4.79 Å². The molecule has 1 aliphatic heterocycles. The number of rotatable bonds is 2. The lowest BCUT2D eigenvalue weighted by Crippen LogP contribution is -2.26. The van der Waals surface area contributed by atoms with E-state index >= 15 is 0 Å². The fraction of sp³-hybridized carbons (Fsp3) is 0.214. The predicted molar refractivity (Wildman–Crippen MR) is 77.2 cm³/mol. The molecule has 1 atom stereocenters. The van der Waals surface area contributed by atoms with Gasteiger partial charge in [-0.2, -0.15) is 12.6 Å². The van der Waals surface area contributed by atoms with E-state index in [1.807, 2.05) is 36.4 Å². The highest BCUT2D eigenvalue weighted by atomic mass is 32.1. The van der Waals surface area contributed by atoms with E-state index in [2.05, 4.69) is 22.6 Å². The summed E-state index contributed by atoms with van der Waals surface area (Å²) in [5.74, 6) is 0.494. The first-order valence-electron chi connectivity index (χ1n) is 6.11. The molecule has 1 aliphatic rings. The molecule has 2 aromatic rings. The Kier molecular flexibility index (Phi) is 3.21. The lowest BCUT2D eigenvalue weighted by atomic mass is 10.1. The van der Waals surface area contributed by atoms with Gasteiger partial charge in [0.05, 0.1) is 5.69 Å². The molecule has 5 heteroatoms. The van der Waals surface area contributed by atoms with Crippen molar-refractivity contribution in [3.8, 4) is 11.3 Å². The van der Waals surface area contributed by atoms with Crippen LogP contribution in [0.3, 0.4) is 0 Å². The molecule has 1 fully saturated rings. The first kappa shape index (κ1) is 12.2. The van der Waals surface area contributed by atoms with Gasteiger partial charge in [0.25, 0.3) is 0 Å². The van der Waals surface area contributed by atoms with Crippen molar-refractivity contribution in [2.45, 2.75) is 11.7 Å². The van der Waals surface area contributed by atoms with Gasteiger partial charge >= 0.3 is 0 Å². The van der Waals surface area contributed by atoms with Crippen LogP contribution in [-0.2, 0) is 4.79 Å². The van der Waals surface area contributed by atoms with E-state index in [4.69, 9.17) is 0 Å². The fourth-order valence-electron chi connectivity index (χ4n) is 2.13. The molecule has 0 aliphatic carbocycles. The summed E-state index contributed by atoms with van der Waals surface area (Å²) in [4.78, 5) is 22.1. The Morgan fingerprint density at radius 3 is 2.68 bits per heavy atom. The Bertz CT molecular complexity index is 603. The van der Waals surface area contributed by atoms with E-state index in [0.29, 0.717) is 18.9 Å². The number of nitrogens with zero attached hydrogens (tertiary/aromatic N) is 3. The SMILES string of the molecule is O=C1CC(S)CN1c1nccc(-c2ccccc2)n1. The second-order valence-electron chi connectivity index (χ2n) is 4.47. The van der Waals surface area contributed by atoms with Crippen molar-refractivity contribution in [1.82, 2.24) is 9.97 Å². The summed E-state index contributed by atoms with van der Waals surface area (Å²) in [5, 5.41) is 0.0662. The predicted octanol–water partition coefficient (Wildman–Crippen LogP) is 2.18. The molecule has 96 valence electrons. The number of aromatic nitrogens is 2. The van der Waals surface area contributed by atoms with Crippen LogP contribution in [0.15, 0.2) is 42.6 Å². The molecule has 1 unspecified atom stereocenters. The number of carbonyl (C=O) groups excluding carboxylic acids is 1. The summed E-state index contributed by atoms with van der Waals surface area (Å²) in [6.45, 7) is 0.570. The van der Waals surface area contributed by atoms with Crippen molar-refractivity contribution in [2.24, 2.45) is 0 Å². The van der Waals surface area contributed by atoms with Crippen molar-refractivity contribution in [2.75, 3.05) is 11.4 Å². The van der Waals surface area contributed by atoms with Gasteiger partial charge in [0.2, 0.25) is 11.9 Å². The second-order valence-corrected chi connectivity index (χ2v) is 5.20. The molecule has 19 heavy (non-hydrogen) atoms. The topological polar surface area (TPSA) is 46.1 Å². The monoisotopic (exact) mass is 271 g/mol. The zero-order valence-electron chi connectivity index (χ0n) is 10.2. The summed E-state index contributed by atoms with van der Waals surface area (Å²) in [6, 6.07) is 11.7. The summed E-state index contributed by atoms with van der Waals surface area (Å²) in [7, 11) is 0. The lowest BCUT2D eigenvalue weighted by molar-refractivity contribution is -0.117. The molecule has 1 aromatic carbocycles. The van der Waals surface area contributed by atoms with Crippen LogP contribution in [0.4, 0.5) is 5.95 Å². The van der Waals surface area contributed by atoms with Crippen molar-refractivity contribution >= 4 is 24.5 Å². The van der Waals surface area contributed by atoms with Crippen LogP contribution >= 0.6 is 12.6 Å². The number of anilines is 1. The molecule has 0 spiro atoms. The average Bonchev–Trinajstić information content (AvgIpc) is 2.79. The van der Waals surface area contributed by atoms with E-state index in [0.717, 1.165) is 11.3 Å². The van der Waals surface area contributed by atoms with E-state index < -0.39 is 0 Å². The average molecular weight is 271 g/mol. The molecular formula is C14H13N3OS. The normalized spacial score (nSPS) is 18.9. The van der Waals surface area contributed by atoms with Gasteiger partial charge in [0.15, 0.2) is 0 Å². The van der Waals surface area contributed by atoms with Gasteiger partial charge < -0.3 is 0 Å². The van der Waals surface area contributed by atoms with Crippen LogP contribution in [0.1, 0.15) is 6.42 Å². The van der Waals surface area contributed by atoms with Gasteiger partial charge in [-0.05, 0) is 6.07 Å². The molecule has 0 saturated carbocycles. The molecule has 2 heterocycles. The van der Waals surface area contributed by atoms with E-state index in [9.17, 15) is 4.79 Å². The van der Waals surface area contributed by atoms with Crippen LogP contribution in [0.25, 0.3) is 11.3 Å². The maximum absolute atomic E-state index is 11.8. The number of thiol groups is 1. The molecule has 0 bridgehead atoms. The minimum Gasteiger partial charge on any atom is -0.280 e. The van der Waals surface area contributed by atoms with Crippen molar-refractivity contribution in [1.29, 1.82) is 0 Å². The standard InChI is InChI=1S/C14H13N3OS/c18-13-8-11(19)9-17(13)14-15-7-6-12(16-14)10-4-2-1-3-5-10/h1-7,11,19H,8-9H2. The van der Waals surface area contributed by atoms with Gasteiger partial charge in [-0.3, -0.25) is 9.69 Å². The molecule has 3 rings (SSSR count). The Morgan fingerprint density at radius 1 is 1.21 bits per heavy atom. The third-order valence-corrected chi connectivity index (χ3v) is 3.40. The van der Waals surface area contributed by atoms with Crippen LogP contribution in [0.2, 0.25) is 0 Å². The Labute approximate surface area is 116 Å². The molecular weight excluding hydrogens is 258 g/mol. The largest absolute Gasteiger partial charge is 0.280 e. The highest BCUT2D eigenvalue weighted by Gasteiger charge is 2.30. The van der Waals surface area contributed by atoms with Crippen LogP contribution in [0, 0.1) is 0 Å². The maximum Gasteiger partial charge on any atom is 0.232 e. The highest BCUT2D eigenvalue weighted by Crippen LogP contribution is 2.23. The molecule has 4 nitrogen and oxygen atoms in total. The van der Waals surface area contributed by atoms with Gasteiger partial charge in [-0.15, -0.1) is 0 Å². The van der Waals surface area contributed by atoms with Crippen LogP contribution in [-0.4, -0.2) is 27.7 Å². The fourth-order valence-corrected chi connectivity index (χ4v) is 2.45. The highest BCUT2D eigenvalue weighted by molar-refractivity contribution is 7.81. The molecule has 0 radical (unpaired) electrons. The molecule has 1 amide bonds. The minimum absolute atomic E-state index is 0.0326. The number of amides is 1. The van der Waals surface area contributed by atoms with E-state index in [-0.39, 0.29) is 11.2 Å². The molecule has 1 aromatic heterocycles. The smallest absolute Gasteiger partial charge is 0.232 e. The quantitative estimate of drug-likeness (QED) is 0.852. The molecule has 1 saturated heterocycles. The summed E-state index contributed by atoms with van der Waals surface area (Å²) in [5.41, 5.74) is 1.83. The second kappa shape index (κ2) is 5.01. The van der Waals surface area contributed by atoms with Crippen LogP contribution in [0.5, 0.6) is 0 Å². The Hall–Kier alpha value is -1.88. The number of benzene rings is 1. The minimum atomic E-state index is 0.0326. The third-order valence-electron chi connectivity index (χ3n) is 3.06. The molecule has 0 N–H and O–H groups in total. The zero-order chi connectivity index (χ0) is 13.2. The van der Waals surface area contributed by atoms with Crippen molar-refractivity contribution in [3.63, 3.8) is 0 Å². The van der Waals surface area contributed by atoms with E-state index in [1.54, 1.807) is 11.1 Å². The summed E-state index contributed by atoms with van der Waals surface area (Å²) in [6.07, 6.45) is 2.13. The zero-order valence-corrected chi connectivity index (χ0v) is 11.1. The first-order valence-corrected chi connectivity index (χ1v) is 6.62. The van der Waals surface area contributed by atoms with Gasteiger partial charge in [0, 0.05) is 30.0 Å². The summed E-state index contributed by atoms with van der Waals surface area (Å²) < 4.78 is 0. The number of carbonyl (C=O) groups is 1. The Balaban J connectivity index is 1.95. The maximum atomic E-state index is 11.8. The lowest BCUT2D eigenvalue weighted by Gasteiger charge is -2.14. The van der Waals surface area contributed by atoms with E-state index in [1.165, 1.54) is 0 Å². The van der Waals surface area contributed by atoms with Gasteiger partial charge in [0.1, 0.15) is 0 Å². The first-order chi connectivity index (χ1) is 9.24. The number of hydrogen-bond acceptors (Lipinski definition) is 4. The van der Waals surface area contributed by atoms with Crippen LogP contribution < -0.4 is 4.90 Å². The number of hydrogen-bond donors (Lipinski definition) is 1. The summed E-state index contributed by atoms with van der Waals surface area (Å²) >= 11 is 4.34. The van der Waals surface area contributed by atoms with Gasteiger partial charge in [-0.25, -0.2) is 9.97 Å². The van der Waals surface area contributed by atoms with Gasteiger partial charge in [-0.1, -0.05) is 30.3 Å². The third kappa shape index (κ3) is 2.46. The Morgan fingerprint density at radius 2 is 2.00 bits per heavy atom.